The second-order valence-corrected chi connectivity index (χ2v) is 12.0. The van der Waals surface area contributed by atoms with E-state index in [2.05, 4.69) is 37.5 Å². The molecule has 2 aliphatic rings. The maximum absolute atomic E-state index is 12.4. The van der Waals surface area contributed by atoms with E-state index >= 15 is 0 Å². The van der Waals surface area contributed by atoms with Crippen LogP contribution in [0.15, 0.2) is 64.4 Å². The predicted molar refractivity (Wildman–Crippen MR) is 174 cm³/mol. The summed E-state index contributed by atoms with van der Waals surface area (Å²) in [6.45, 7) is 3.70. The van der Waals surface area contributed by atoms with Gasteiger partial charge in [0.25, 0.3) is 5.56 Å². The molecule has 13 nitrogen and oxygen atoms in total. The molecule has 45 heavy (non-hydrogen) atoms. The van der Waals surface area contributed by atoms with Gasteiger partial charge >= 0.3 is 5.69 Å². The normalized spacial score (nSPS) is 18.0. The second kappa shape index (κ2) is 11.1. The molecule has 230 valence electrons. The van der Waals surface area contributed by atoms with Crippen LogP contribution in [-0.4, -0.2) is 61.4 Å². The van der Waals surface area contributed by atoms with Gasteiger partial charge in [-0.05, 0) is 54.3 Å². The van der Waals surface area contributed by atoms with Crippen molar-refractivity contribution in [1.29, 1.82) is 0 Å². The molecule has 14 heteroatoms. The van der Waals surface area contributed by atoms with Crippen LogP contribution < -0.4 is 31.7 Å². The summed E-state index contributed by atoms with van der Waals surface area (Å²) in [5, 5.41) is 12.7. The van der Waals surface area contributed by atoms with Gasteiger partial charge in [-0.3, -0.25) is 23.8 Å². The number of nitrogens with zero attached hydrogens (tertiary/aromatic N) is 7. The van der Waals surface area contributed by atoms with E-state index in [1.54, 1.807) is 22.8 Å². The van der Waals surface area contributed by atoms with Gasteiger partial charge in [0.2, 0.25) is 11.9 Å². The number of nitrogens with one attached hydrogen (secondary N) is 3. The first-order valence-corrected chi connectivity index (χ1v) is 15.0. The van der Waals surface area contributed by atoms with Crippen LogP contribution in [0, 0.1) is 5.92 Å². The lowest BCUT2D eigenvalue weighted by Crippen LogP contribution is -2.46. The average molecular weight is 627 g/mol. The summed E-state index contributed by atoms with van der Waals surface area (Å²) in [5.74, 6) is 1.92. The first-order valence-electron chi connectivity index (χ1n) is 14.6. The number of halogens is 1. The Kier molecular flexibility index (Phi) is 7.04. The fraction of sp³-hybridized carbons (Fsp3) is 0.290. The molecule has 1 saturated heterocycles. The lowest BCUT2D eigenvalue weighted by molar-refractivity contribution is -0.117. The zero-order valence-corrected chi connectivity index (χ0v) is 25.7. The molecule has 5 aromatic rings. The Morgan fingerprint density at radius 1 is 1.04 bits per heavy atom. The minimum Gasteiger partial charge on any atom is -0.382 e. The average Bonchev–Trinajstić information content (AvgIpc) is 3.49. The van der Waals surface area contributed by atoms with Crippen molar-refractivity contribution in [3.63, 3.8) is 0 Å². The highest BCUT2D eigenvalue weighted by Gasteiger charge is 2.28. The van der Waals surface area contributed by atoms with Crippen molar-refractivity contribution in [2.24, 2.45) is 13.0 Å². The van der Waals surface area contributed by atoms with Gasteiger partial charge < -0.3 is 20.4 Å². The van der Waals surface area contributed by atoms with Gasteiger partial charge in [0.15, 0.2) is 11.6 Å². The van der Waals surface area contributed by atoms with Crippen molar-refractivity contribution in [3.8, 4) is 5.82 Å². The predicted octanol–water partition coefficient (Wildman–Crippen LogP) is 3.45. The fourth-order valence-electron chi connectivity index (χ4n) is 6.13. The molecule has 1 fully saturated rings. The molecule has 0 radical (unpaired) electrons. The van der Waals surface area contributed by atoms with Crippen molar-refractivity contribution < 1.29 is 4.79 Å². The number of aromatic nitrogens is 6. The minimum atomic E-state index is -0.535. The summed E-state index contributed by atoms with van der Waals surface area (Å²) in [5.41, 5.74) is 3.51. The third kappa shape index (κ3) is 5.29. The van der Waals surface area contributed by atoms with Gasteiger partial charge in [-0.1, -0.05) is 18.5 Å². The maximum atomic E-state index is 12.4. The number of aromatic amines is 1. The highest BCUT2D eigenvalue weighted by molar-refractivity contribution is 6.32. The first kappa shape index (κ1) is 28.6. The van der Waals surface area contributed by atoms with Crippen molar-refractivity contribution in [2.45, 2.75) is 25.8 Å². The SMILES string of the molecule is C[C@@H]1CN(c2ncc(Cl)c(Nc3ccc4c(c3)CC(=O)N4C)n2)CC[C@H]1Nc1ccc2c(-n3ccc(=O)[nH]c3=O)nn(C)c2c1. The number of aryl methyl sites for hydroxylation is 1. The standard InChI is InChI=1S/C31H31ClN10O3/c1-17-16-41(30-33-15-22(32)28(37-30)35-19-5-7-24-18(12-19)13-27(44)39(24)2)10-8-23(17)34-20-4-6-21-25(14-20)40(3)38-29(21)42-11-9-26(43)36-31(42)45/h4-7,9,11-12,14-15,17,23,34H,8,10,13,16H2,1-3H3,(H,33,35,37)(H,36,43,45)/t17-,23-/m1/s1. The Labute approximate surface area is 262 Å². The number of rotatable bonds is 6. The third-order valence-corrected chi connectivity index (χ3v) is 8.85. The zero-order valence-electron chi connectivity index (χ0n) is 24.9. The molecule has 0 unspecified atom stereocenters. The van der Waals surface area contributed by atoms with Crippen molar-refractivity contribution in [2.75, 3.05) is 40.6 Å². The molecule has 3 N–H and O–H groups in total. The number of benzene rings is 2. The number of anilines is 5. The number of H-pyrrole nitrogens is 1. The molecule has 1 amide bonds. The molecule has 2 atom stereocenters. The smallest absolute Gasteiger partial charge is 0.334 e. The monoisotopic (exact) mass is 626 g/mol. The van der Waals surface area contributed by atoms with E-state index in [1.807, 2.05) is 43.4 Å². The molecule has 7 rings (SSSR count). The minimum absolute atomic E-state index is 0.0730. The number of piperidine rings is 1. The lowest BCUT2D eigenvalue weighted by Gasteiger charge is -2.37. The van der Waals surface area contributed by atoms with Gasteiger partial charge in [0, 0.05) is 67.9 Å². The molecule has 2 aliphatic heterocycles. The number of hydrogen-bond acceptors (Lipinski definition) is 9. The van der Waals surface area contributed by atoms with Gasteiger partial charge in [-0.15, -0.1) is 0 Å². The topological polar surface area (TPSA) is 146 Å². The summed E-state index contributed by atoms with van der Waals surface area (Å²) in [6, 6.07) is 13.3. The van der Waals surface area contributed by atoms with E-state index in [4.69, 9.17) is 16.6 Å². The van der Waals surface area contributed by atoms with Crippen LogP contribution in [0.1, 0.15) is 18.9 Å². The first-order chi connectivity index (χ1) is 21.6. The van der Waals surface area contributed by atoms with Crippen LogP contribution >= 0.6 is 11.6 Å². The molecular weight excluding hydrogens is 596 g/mol. The van der Waals surface area contributed by atoms with E-state index in [0.29, 0.717) is 29.0 Å². The number of carbonyl (C=O) groups is 1. The molecule has 0 bridgehead atoms. The second-order valence-electron chi connectivity index (χ2n) is 11.6. The van der Waals surface area contributed by atoms with Gasteiger partial charge in [-0.25, -0.2) is 9.78 Å². The van der Waals surface area contributed by atoms with Crippen LogP contribution in [-0.2, 0) is 18.3 Å². The molecular formula is C31H31ClN10O3. The number of amides is 1. The van der Waals surface area contributed by atoms with Crippen LogP contribution in [0.3, 0.4) is 0 Å². The Hall–Kier alpha value is -5.17. The van der Waals surface area contributed by atoms with Crippen molar-refractivity contribution >= 4 is 57.2 Å². The molecule has 5 heterocycles. The quantitative estimate of drug-likeness (QED) is 0.258. The fourth-order valence-corrected chi connectivity index (χ4v) is 6.27. The molecule has 0 aliphatic carbocycles. The Morgan fingerprint density at radius 2 is 1.87 bits per heavy atom. The van der Waals surface area contributed by atoms with Crippen molar-refractivity contribution in [1.82, 2.24) is 29.3 Å². The Bertz CT molecular complexity index is 2090. The van der Waals surface area contributed by atoms with Crippen molar-refractivity contribution in [3.05, 3.63) is 86.3 Å². The van der Waals surface area contributed by atoms with E-state index in [-0.39, 0.29) is 17.9 Å². The van der Waals surface area contributed by atoms with Gasteiger partial charge in [0.1, 0.15) is 5.02 Å². The summed E-state index contributed by atoms with van der Waals surface area (Å²) in [7, 11) is 3.61. The number of hydrogen-bond donors (Lipinski definition) is 3. The summed E-state index contributed by atoms with van der Waals surface area (Å²) in [4.78, 5) is 51.4. The van der Waals surface area contributed by atoms with E-state index in [1.165, 1.54) is 16.8 Å². The lowest BCUT2D eigenvalue weighted by atomic mass is 9.93. The molecule has 0 spiro atoms. The summed E-state index contributed by atoms with van der Waals surface area (Å²) in [6.07, 6.45) is 4.29. The Balaban J connectivity index is 1.04. The molecule has 0 saturated carbocycles. The third-order valence-electron chi connectivity index (χ3n) is 8.58. The van der Waals surface area contributed by atoms with Crippen LogP contribution in [0.5, 0.6) is 0 Å². The largest absolute Gasteiger partial charge is 0.382 e. The highest BCUT2D eigenvalue weighted by atomic mass is 35.5. The number of fused-ring (bicyclic) bond motifs is 2. The van der Waals surface area contributed by atoms with Crippen LogP contribution in [0.25, 0.3) is 16.7 Å². The number of likely N-dealkylation sites (N-methyl/N-ethyl adjacent to an activating group) is 1. The molecule has 2 aromatic carbocycles. The molecule has 3 aromatic heterocycles. The summed E-state index contributed by atoms with van der Waals surface area (Å²) < 4.78 is 3.06. The number of carbonyl (C=O) groups excluding carboxylic acids is 1. The van der Waals surface area contributed by atoms with Crippen LogP contribution in [0.2, 0.25) is 5.02 Å². The van der Waals surface area contributed by atoms with E-state index in [0.717, 1.165) is 53.0 Å². The Morgan fingerprint density at radius 3 is 2.67 bits per heavy atom. The van der Waals surface area contributed by atoms with Crippen LogP contribution in [0.4, 0.5) is 28.8 Å². The maximum Gasteiger partial charge on any atom is 0.334 e. The van der Waals surface area contributed by atoms with Gasteiger partial charge in [0.05, 0.1) is 18.1 Å². The zero-order chi connectivity index (χ0) is 31.4. The van der Waals surface area contributed by atoms with E-state index in [9.17, 15) is 14.4 Å². The highest BCUT2D eigenvalue weighted by Crippen LogP contribution is 2.33. The summed E-state index contributed by atoms with van der Waals surface area (Å²) >= 11 is 6.48. The van der Waals surface area contributed by atoms with E-state index < -0.39 is 11.2 Å². The van der Waals surface area contributed by atoms with Gasteiger partial charge in [-0.2, -0.15) is 10.1 Å².